The Labute approximate surface area is 126 Å². The Hall–Kier alpha value is -1.68. The van der Waals surface area contributed by atoms with E-state index in [1.165, 1.54) is 6.07 Å². The van der Waals surface area contributed by atoms with Crippen LogP contribution in [0.4, 0.5) is 4.39 Å². The van der Waals surface area contributed by atoms with E-state index < -0.39 is 0 Å². The van der Waals surface area contributed by atoms with E-state index in [0.717, 1.165) is 42.0 Å². The Morgan fingerprint density at radius 1 is 1.24 bits per heavy atom. The molecular weight excluding hydrogens is 265 g/mol. The van der Waals surface area contributed by atoms with Crippen LogP contribution in [0.3, 0.4) is 0 Å². The molecule has 4 heteroatoms. The van der Waals surface area contributed by atoms with E-state index in [0.29, 0.717) is 0 Å². The summed E-state index contributed by atoms with van der Waals surface area (Å²) in [6.45, 7) is 9.93. The van der Waals surface area contributed by atoms with Crippen molar-refractivity contribution in [3.8, 4) is 0 Å². The summed E-state index contributed by atoms with van der Waals surface area (Å²) in [5, 5.41) is 8.10. The van der Waals surface area contributed by atoms with Crippen LogP contribution in [-0.4, -0.2) is 16.3 Å². The van der Waals surface area contributed by atoms with Gasteiger partial charge in [-0.25, -0.2) is 4.39 Å². The number of nitrogens with zero attached hydrogens (tertiary/aromatic N) is 2. The van der Waals surface area contributed by atoms with Gasteiger partial charge in [-0.1, -0.05) is 13.0 Å². The molecule has 21 heavy (non-hydrogen) atoms. The number of nitrogens with one attached hydrogen (secondary N) is 1. The van der Waals surface area contributed by atoms with Gasteiger partial charge in [0.1, 0.15) is 5.82 Å². The van der Waals surface area contributed by atoms with Crippen molar-refractivity contribution >= 4 is 0 Å². The van der Waals surface area contributed by atoms with Crippen LogP contribution < -0.4 is 5.32 Å². The predicted molar refractivity (Wildman–Crippen MR) is 83.9 cm³/mol. The molecule has 0 bridgehead atoms. The molecule has 3 nitrogen and oxygen atoms in total. The van der Waals surface area contributed by atoms with E-state index in [-0.39, 0.29) is 11.9 Å². The number of aryl methyl sites for hydroxylation is 3. The number of halogens is 1. The zero-order chi connectivity index (χ0) is 15.4. The zero-order valence-corrected chi connectivity index (χ0v) is 13.3. The topological polar surface area (TPSA) is 29.9 Å². The minimum atomic E-state index is -0.189. The minimum Gasteiger partial charge on any atom is -0.305 e. The van der Waals surface area contributed by atoms with Crippen LogP contribution in [-0.2, 0) is 6.54 Å². The van der Waals surface area contributed by atoms with Crippen molar-refractivity contribution in [1.82, 2.24) is 15.1 Å². The molecule has 1 unspecified atom stereocenters. The summed E-state index contributed by atoms with van der Waals surface area (Å²) in [6.07, 6.45) is 1.05. The first-order valence-electron chi connectivity index (χ1n) is 7.60. The zero-order valence-electron chi connectivity index (χ0n) is 13.3. The molecule has 0 radical (unpaired) electrons. The summed E-state index contributed by atoms with van der Waals surface area (Å²) in [5.74, 6) is -0.189. The maximum Gasteiger partial charge on any atom is 0.123 e. The lowest BCUT2D eigenvalue weighted by atomic mass is 9.98. The van der Waals surface area contributed by atoms with Gasteiger partial charge in [-0.05, 0) is 63.1 Å². The lowest BCUT2D eigenvalue weighted by Gasteiger charge is -2.22. The summed E-state index contributed by atoms with van der Waals surface area (Å²) in [7, 11) is 0. The van der Waals surface area contributed by atoms with Crippen molar-refractivity contribution in [2.45, 2.75) is 46.7 Å². The fraction of sp³-hybridized carbons (Fsp3) is 0.471. The molecule has 114 valence electrons. The average Bonchev–Trinajstić information content (AvgIpc) is 2.82. The van der Waals surface area contributed by atoms with E-state index >= 15 is 0 Å². The van der Waals surface area contributed by atoms with Crippen LogP contribution in [0, 0.1) is 19.7 Å². The molecule has 2 rings (SSSR count). The molecule has 0 fully saturated rings. The van der Waals surface area contributed by atoms with Gasteiger partial charge >= 0.3 is 0 Å². The second-order valence-electron chi connectivity index (χ2n) is 5.41. The molecule has 0 saturated carbocycles. The van der Waals surface area contributed by atoms with Crippen LogP contribution >= 0.6 is 0 Å². The number of benzene rings is 1. The quantitative estimate of drug-likeness (QED) is 0.877. The minimum absolute atomic E-state index is 0.0479. The molecule has 1 aromatic carbocycles. The Balaban J connectivity index is 2.46. The highest BCUT2D eigenvalue weighted by Gasteiger charge is 2.20. The van der Waals surface area contributed by atoms with E-state index in [4.69, 9.17) is 0 Å². The van der Waals surface area contributed by atoms with Gasteiger partial charge in [0.15, 0.2) is 0 Å². The molecule has 0 amide bonds. The molecule has 1 atom stereocenters. The second-order valence-corrected chi connectivity index (χ2v) is 5.41. The molecule has 0 saturated heterocycles. The Bertz CT molecular complexity index is 604. The molecular formula is C17H24FN3. The summed E-state index contributed by atoms with van der Waals surface area (Å²) >= 11 is 0. The number of hydrogen-bond donors (Lipinski definition) is 1. The predicted octanol–water partition coefficient (Wildman–Crippen LogP) is 3.75. The lowest BCUT2D eigenvalue weighted by molar-refractivity contribution is 0.526. The first kappa shape index (κ1) is 15.7. The lowest BCUT2D eigenvalue weighted by Crippen LogP contribution is -2.26. The van der Waals surface area contributed by atoms with Crippen molar-refractivity contribution in [3.63, 3.8) is 0 Å². The summed E-state index contributed by atoms with van der Waals surface area (Å²) in [4.78, 5) is 0. The fourth-order valence-electron chi connectivity index (χ4n) is 2.68. The van der Waals surface area contributed by atoms with Gasteiger partial charge < -0.3 is 5.32 Å². The molecule has 0 aliphatic carbocycles. The van der Waals surface area contributed by atoms with Crippen LogP contribution in [0.1, 0.15) is 48.8 Å². The van der Waals surface area contributed by atoms with Gasteiger partial charge in [0.25, 0.3) is 0 Å². The highest BCUT2D eigenvalue weighted by molar-refractivity contribution is 5.35. The van der Waals surface area contributed by atoms with Crippen molar-refractivity contribution in [3.05, 3.63) is 52.6 Å². The second kappa shape index (κ2) is 6.85. The van der Waals surface area contributed by atoms with Crippen molar-refractivity contribution in [2.75, 3.05) is 6.54 Å². The van der Waals surface area contributed by atoms with Gasteiger partial charge in [-0.15, -0.1) is 0 Å². The van der Waals surface area contributed by atoms with Crippen molar-refractivity contribution < 1.29 is 4.39 Å². The van der Waals surface area contributed by atoms with Crippen LogP contribution in [0.2, 0.25) is 0 Å². The maximum absolute atomic E-state index is 13.4. The molecule has 0 spiro atoms. The highest BCUT2D eigenvalue weighted by atomic mass is 19.1. The van der Waals surface area contributed by atoms with Crippen LogP contribution in [0.5, 0.6) is 0 Å². The monoisotopic (exact) mass is 289 g/mol. The summed E-state index contributed by atoms with van der Waals surface area (Å²) in [5.41, 5.74) is 4.22. The van der Waals surface area contributed by atoms with Crippen molar-refractivity contribution in [2.24, 2.45) is 0 Å². The van der Waals surface area contributed by atoms with E-state index in [1.807, 2.05) is 24.6 Å². The highest BCUT2D eigenvalue weighted by Crippen LogP contribution is 2.26. The van der Waals surface area contributed by atoms with Gasteiger partial charge in [-0.3, -0.25) is 4.68 Å². The molecule has 0 aliphatic heterocycles. The molecule has 1 heterocycles. The van der Waals surface area contributed by atoms with Crippen LogP contribution in [0.25, 0.3) is 0 Å². The maximum atomic E-state index is 13.4. The largest absolute Gasteiger partial charge is 0.305 e. The van der Waals surface area contributed by atoms with Gasteiger partial charge in [0.05, 0.1) is 17.4 Å². The first-order valence-corrected chi connectivity index (χ1v) is 7.60. The summed E-state index contributed by atoms with van der Waals surface area (Å²) in [6, 6.07) is 7.16. The SMILES string of the molecule is CCCNC(c1ccc(F)cc1C)c1cc(C)nn1CC. The Morgan fingerprint density at radius 2 is 2.00 bits per heavy atom. The van der Waals surface area contributed by atoms with Gasteiger partial charge in [-0.2, -0.15) is 5.10 Å². The molecule has 2 aromatic rings. The average molecular weight is 289 g/mol. The smallest absolute Gasteiger partial charge is 0.123 e. The molecule has 1 aromatic heterocycles. The fourth-order valence-corrected chi connectivity index (χ4v) is 2.68. The van der Waals surface area contributed by atoms with E-state index in [9.17, 15) is 4.39 Å². The first-order chi connectivity index (χ1) is 10.1. The van der Waals surface area contributed by atoms with Crippen LogP contribution in [0.15, 0.2) is 24.3 Å². The molecule has 1 N–H and O–H groups in total. The number of aromatic nitrogens is 2. The third kappa shape index (κ3) is 3.50. The molecule has 0 aliphatic rings. The Morgan fingerprint density at radius 3 is 2.62 bits per heavy atom. The van der Waals surface area contributed by atoms with E-state index in [1.54, 1.807) is 6.07 Å². The number of rotatable bonds is 6. The standard InChI is InChI=1S/C17H24FN3/c1-5-9-19-17(15-8-7-14(18)10-12(15)3)16-11-13(4)20-21(16)6-2/h7-8,10-11,17,19H,5-6,9H2,1-4H3. The summed E-state index contributed by atoms with van der Waals surface area (Å²) < 4.78 is 15.4. The normalized spacial score (nSPS) is 12.6. The van der Waals surface area contributed by atoms with E-state index in [2.05, 4.69) is 30.3 Å². The number of hydrogen-bond acceptors (Lipinski definition) is 2. The Kier molecular flexibility index (Phi) is 5.12. The van der Waals surface area contributed by atoms with Gasteiger partial charge in [0.2, 0.25) is 0 Å². The van der Waals surface area contributed by atoms with Gasteiger partial charge in [0, 0.05) is 6.54 Å². The van der Waals surface area contributed by atoms with Crippen molar-refractivity contribution in [1.29, 1.82) is 0 Å². The third-order valence-corrected chi connectivity index (χ3v) is 3.67. The third-order valence-electron chi connectivity index (χ3n) is 3.67.